The molecule has 0 bridgehead atoms. The van der Waals surface area contributed by atoms with Crippen LogP contribution in [-0.2, 0) is 23.9 Å². The van der Waals surface area contributed by atoms with Crippen LogP contribution in [0.5, 0.6) is 0 Å². The van der Waals surface area contributed by atoms with Gasteiger partial charge in [0.05, 0.1) is 13.2 Å². The zero-order chi connectivity index (χ0) is 20.6. The molecule has 1 N–H and O–H groups in total. The number of morpholine rings is 1. The van der Waals surface area contributed by atoms with Gasteiger partial charge in [0.25, 0.3) is 5.91 Å². The summed E-state index contributed by atoms with van der Waals surface area (Å²) in [6.45, 7) is 5.10. The van der Waals surface area contributed by atoms with Gasteiger partial charge in [0.2, 0.25) is 5.91 Å². The number of rotatable bonds is 6. The van der Waals surface area contributed by atoms with Gasteiger partial charge in [-0.3, -0.25) is 14.4 Å². The molecule has 29 heavy (non-hydrogen) atoms. The molecule has 0 saturated carbocycles. The highest BCUT2D eigenvalue weighted by atomic mass is 16.5. The second-order valence-corrected chi connectivity index (χ2v) is 7.39. The second-order valence-electron chi connectivity index (χ2n) is 7.39. The lowest BCUT2D eigenvalue weighted by molar-refractivity contribution is -0.156. The third-order valence-corrected chi connectivity index (χ3v) is 5.18. The number of hydrogen-bond donors (Lipinski definition) is 1. The van der Waals surface area contributed by atoms with E-state index in [0.29, 0.717) is 31.9 Å². The number of benzene rings is 1. The molecule has 2 saturated heterocycles. The first-order valence-corrected chi connectivity index (χ1v) is 10.2. The van der Waals surface area contributed by atoms with Crippen molar-refractivity contribution in [1.82, 2.24) is 4.90 Å². The fourth-order valence-corrected chi connectivity index (χ4v) is 3.47. The van der Waals surface area contributed by atoms with Crippen molar-refractivity contribution in [2.45, 2.75) is 38.7 Å². The molecule has 2 fully saturated rings. The normalized spacial score (nSPS) is 18.7. The van der Waals surface area contributed by atoms with Crippen LogP contribution < -0.4 is 10.2 Å². The Bertz CT molecular complexity index is 716. The molecule has 3 rings (SSSR count). The highest BCUT2D eigenvalue weighted by Gasteiger charge is 2.23. The van der Waals surface area contributed by atoms with E-state index < -0.39 is 18.0 Å². The molecule has 2 amide bonds. The van der Waals surface area contributed by atoms with Crippen molar-refractivity contribution in [2.75, 3.05) is 49.6 Å². The Kier molecular flexibility index (Phi) is 7.46. The molecular weight excluding hydrogens is 374 g/mol. The van der Waals surface area contributed by atoms with E-state index in [4.69, 9.17) is 9.47 Å². The van der Waals surface area contributed by atoms with E-state index in [-0.39, 0.29) is 12.5 Å². The first kappa shape index (κ1) is 21.1. The number of ether oxygens (including phenoxy) is 2. The van der Waals surface area contributed by atoms with Crippen molar-refractivity contribution in [2.24, 2.45) is 0 Å². The van der Waals surface area contributed by atoms with E-state index in [1.54, 1.807) is 0 Å². The standard InChI is InChI=1S/C21H29N3O5/c1-16(29-20(26)15-24-10-4-2-3-5-19(24)25)21(27)22-17-6-8-18(9-7-17)23-11-13-28-14-12-23/h6-9,16H,2-5,10-15H2,1H3,(H,22,27)/t16-/m1/s1. The maximum Gasteiger partial charge on any atom is 0.326 e. The van der Waals surface area contributed by atoms with Gasteiger partial charge in [-0.2, -0.15) is 0 Å². The summed E-state index contributed by atoms with van der Waals surface area (Å²) in [5.74, 6) is -0.998. The summed E-state index contributed by atoms with van der Waals surface area (Å²) in [5, 5.41) is 2.76. The van der Waals surface area contributed by atoms with E-state index in [9.17, 15) is 14.4 Å². The summed E-state index contributed by atoms with van der Waals surface area (Å²) in [7, 11) is 0. The van der Waals surface area contributed by atoms with Crippen molar-refractivity contribution in [1.29, 1.82) is 0 Å². The van der Waals surface area contributed by atoms with Crippen LogP contribution in [0.25, 0.3) is 0 Å². The number of likely N-dealkylation sites (tertiary alicyclic amines) is 1. The van der Waals surface area contributed by atoms with Gasteiger partial charge in [-0.15, -0.1) is 0 Å². The van der Waals surface area contributed by atoms with Gasteiger partial charge in [0.1, 0.15) is 6.54 Å². The van der Waals surface area contributed by atoms with Crippen molar-refractivity contribution in [3.8, 4) is 0 Å². The number of nitrogens with zero attached hydrogens (tertiary/aromatic N) is 2. The number of nitrogens with one attached hydrogen (secondary N) is 1. The van der Waals surface area contributed by atoms with Gasteiger partial charge in [-0.1, -0.05) is 6.42 Å². The van der Waals surface area contributed by atoms with Crippen LogP contribution in [0.3, 0.4) is 0 Å². The van der Waals surface area contributed by atoms with Crippen LogP contribution >= 0.6 is 0 Å². The molecule has 158 valence electrons. The van der Waals surface area contributed by atoms with Crippen molar-refractivity contribution >= 4 is 29.2 Å². The lowest BCUT2D eigenvalue weighted by Gasteiger charge is -2.29. The van der Waals surface area contributed by atoms with E-state index in [2.05, 4.69) is 10.2 Å². The molecule has 8 nitrogen and oxygen atoms in total. The first-order valence-electron chi connectivity index (χ1n) is 10.2. The highest BCUT2D eigenvalue weighted by Crippen LogP contribution is 2.19. The average molecular weight is 403 g/mol. The minimum atomic E-state index is -0.941. The molecule has 1 aromatic carbocycles. The molecule has 0 aromatic heterocycles. The summed E-state index contributed by atoms with van der Waals surface area (Å²) in [6.07, 6.45) is 2.25. The van der Waals surface area contributed by atoms with Crippen molar-refractivity contribution in [3.63, 3.8) is 0 Å². The van der Waals surface area contributed by atoms with Gasteiger partial charge >= 0.3 is 5.97 Å². The zero-order valence-electron chi connectivity index (χ0n) is 16.9. The zero-order valence-corrected chi connectivity index (χ0v) is 16.9. The lowest BCUT2D eigenvalue weighted by atomic mass is 10.2. The molecule has 2 aliphatic heterocycles. The Hall–Kier alpha value is -2.61. The number of amides is 2. The monoisotopic (exact) mass is 403 g/mol. The minimum absolute atomic E-state index is 0.0306. The largest absolute Gasteiger partial charge is 0.451 e. The maximum absolute atomic E-state index is 12.4. The van der Waals surface area contributed by atoms with Crippen molar-refractivity contribution < 1.29 is 23.9 Å². The second kappa shape index (κ2) is 10.2. The highest BCUT2D eigenvalue weighted by molar-refractivity contribution is 5.95. The number of anilines is 2. The molecule has 2 aliphatic rings. The molecule has 2 heterocycles. The Morgan fingerprint density at radius 1 is 1.10 bits per heavy atom. The van der Waals surface area contributed by atoms with Crippen LogP contribution in [0.4, 0.5) is 11.4 Å². The molecular formula is C21H29N3O5. The van der Waals surface area contributed by atoms with Crippen molar-refractivity contribution in [3.05, 3.63) is 24.3 Å². The Balaban J connectivity index is 1.46. The smallest absolute Gasteiger partial charge is 0.326 e. The van der Waals surface area contributed by atoms with Gasteiger partial charge < -0.3 is 24.6 Å². The minimum Gasteiger partial charge on any atom is -0.451 e. The SMILES string of the molecule is C[C@@H](OC(=O)CN1CCCCCC1=O)C(=O)Nc1ccc(N2CCOCC2)cc1. The molecule has 0 aliphatic carbocycles. The van der Waals surface area contributed by atoms with Gasteiger partial charge in [-0.05, 0) is 44.0 Å². The average Bonchev–Trinajstić information content (AvgIpc) is 2.93. The number of carbonyl (C=O) groups is 3. The van der Waals surface area contributed by atoms with Crippen LogP contribution in [0.2, 0.25) is 0 Å². The maximum atomic E-state index is 12.4. The fraction of sp³-hybridized carbons (Fsp3) is 0.571. The third kappa shape index (κ3) is 6.19. The van der Waals surface area contributed by atoms with Gasteiger partial charge in [0.15, 0.2) is 6.10 Å². The molecule has 1 atom stereocenters. The van der Waals surface area contributed by atoms with E-state index in [1.807, 2.05) is 24.3 Å². The van der Waals surface area contributed by atoms with Gasteiger partial charge in [0, 0.05) is 37.4 Å². The molecule has 0 radical (unpaired) electrons. The first-order chi connectivity index (χ1) is 14.0. The molecule has 1 aromatic rings. The Labute approximate surface area is 171 Å². The third-order valence-electron chi connectivity index (χ3n) is 5.18. The fourth-order valence-electron chi connectivity index (χ4n) is 3.47. The Morgan fingerprint density at radius 2 is 1.83 bits per heavy atom. The van der Waals surface area contributed by atoms with E-state index in [0.717, 1.165) is 38.0 Å². The lowest BCUT2D eigenvalue weighted by Crippen LogP contribution is -2.38. The van der Waals surface area contributed by atoms with Crippen LogP contribution in [0, 0.1) is 0 Å². The summed E-state index contributed by atoms with van der Waals surface area (Å²) in [6, 6.07) is 7.55. The summed E-state index contributed by atoms with van der Waals surface area (Å²) < 4.78 is 10.6. The Morgan fingerprint density at radius 3 is 2.55 bits per heavy atom. The molecule has 8 heteroatoms. The quantitative estimate of drug-likeness (QED) is 0.729. The molecule has 0 spiro atoms. The predicted octanol–water partition coefficient (Wildman–Crippen LogP) is 1.80. The van der Waals surface area contributed by atoms with Crippen LogP contribution in [0.1, 0.15) is 32.6 Å². The molecule has 0 unspecified atom stereocenters. The van der Waals surface area contributed by atoms with E-state index >= 15 is 0 Å². The topological polar surface area (TPSA) is 88.2 Å². The van der Waals surface area contributed by atoms with Crippen LogP contribution in [0.15, 0.2) is 24.3 Å². The predicted molar refractivity (Wildman–Crippen MR) is 109 cm³/mol. The summed E-state index contributed by atoms with van der Waals surface area (Å²) in [5.41, 5.74) is 1.71. The van der Waals surface area contributed by atoms with Gasteiger partial charge in [-0.25, -0.2) is 0 Å². The summed E-state index contributed by atoms with van der Waals surface area (Å²) in [4.78, 5) is 40.2. The number of esters is 1. The number of hydrogen-bond acceptors (Lipinski definition) is 6. The summed E-state index contributed by atoms with van der Waals surface area (Å²) >= 11 is 0. The van der Waals surface area contributed by atoms with Crippen LogP contribution in [-0.4, -0.2) is 68.2 Å². The number of carbonyl (C=O) groups excluding carboxylic acids is 3. The van der Waals surface area contributed by atoms with E-state index in [1.165, 1.54) is 11.8 Å².